The van der Waals surface area contributed by atoms with Gasteiger partial charge in [0, 0.05) is 29.6 Å². The highest BCUT2D eigenvalue weighted by molar-refractivity contribution is 5.80. The first-order valence-corrected chi connectivity index (χ1v) is 7.33. The monoisotopic (exact) mass is 318 g/mol. The van der Waals surface area contributed by atoms with Gasteiger partial charge in [0.15, 0.2) is 0 Å². The van der Waals surface area contributed by atoms with Crippen LogP contribution in [0.15, 0.2) is 29.1 Å². The highest BCUT2D eigenvalue weighted by Gasteiger charge is 2.29. The quantitative estimate of drug-likeness (QED) is 0.867. The number of carboxylic acids is 1. The van der Waals surface area contributed by atoms with Gasteiger partial charge < -0.3 is 19.6 Å². The molecule has 0 unspecified atom stereocenters. The van der Waals surface area contributed by atoms with Gasteiger partial charge in [0.25, 0.3) is 5.56 Å². The fourth-order valence-electron chi connectivity index (χ4n) is 2.75. The zero-order valence-electron chi connectivity index (χ0n) is 12.7. The topological polar surface area (TPSA) is 91.9 Å². The second-order valence-electron chi connectivity index (χ2n) is 5.48. The molecule has 2 aromatic rings. The number of morpholine rings is 1. The Morgan fingerprint density at radius 3 is 3.04 bits per heavy atom. The number of carbonyl (C=O) groups is 1. The van der Waals surface area contributed by atoms with E-state index in [1.807, 2.05) is 6.07 Å². The molecule has 1 aromatic heterocycles. The number of benzene rings is 1. The Kier molecular flexibility index (Phi) is 4.31. The van der Waals surface area contributed by atoms with Gasteiger partial charge in [-0.3, -0.25) is 14.5 Å². The molecule has 0 spiro atoms. The largest absolute Gasteiger partial charge is 0.497 e. The Bertz CT molecular complexity index is 786. The zero-order valence-corrected chi connectivity index (χ0v) is 12.7. The van der Waals surface area contributed by atoms with Crippen molar-refractivity contribution in [3.05, 3.63) is 40.2 Å². The third-order valence-corrected chi connectivity index (χ3v) is 4.03. The first-order valence-electron chi connectivity index (χ1n) is 7.33. The van der Waals surface area contributed by atoms with Crippen molar-refractivity contribution in [2.75, 3.05) is 26.9 Å². The van der Waals surface area contributed by atoms with Crippen LogP contribution in [0, 0.1) is 0 Å². The van der Waals surface area contributed by atoms with Crippen LogP contribution in [0.1, 0.15) is 5.56 Å². The number of carboxylic acid groups (broad SMARTS) is 1. The van der Waals surface area contributed by atoms with Gasteiger partial charge in [-0.05, 0) is 24.3 Å². The van der Waals surface area contributed by atoms with E-state index in [0.29, 0.717) is 24.5 Å². The Morgan fingerprint density at radius 2 is 2.30 bits per heavy atom. The predicted octanol–water partition coefficient (Wildman–Crippen LogP) is 0.822. The lowest BCUT2D eigenvalue weighted by Crippen LogP contribution is -2.49. The van der Waals surface area contributed by atoms with E-state index in [1.165, 1.54) is 0 Å². The van der Waals surface area contributed by atoms with Gasteiger partial charge in [-0.15, -0.1) is 0 Å². The third kappa shape index (κ3) is 3.20. The molecule has 3 rings (SSSR count). The zero-order chi connectivity index (χ0) is 16.4. The van der Waals surface area contributed by atoms with E-state index in [-0.39, 0.29) is 18.7 Å². The van der Waals surface area contributed by atoms with E-state index in [9.17, 15) is 14.7 Å². The summed E-state index contributed by atoms with van der Waals surface area (Å²) in [5.41, 5.74) is 1.04. The van der Waals surface area contributed by atoms with Crippen molar-refractivity contribution < 1.29 is 19.4 Å². The molecule has 1 aliphatic heterocycles. The molecule has 122 valence electrons. The molecule has 0 radical (unpaired) electrons. The molecule has 7 nitrogen and oxygen atoms in total. The van der Waals surface area contributed by atoms with Crippen molar-refractivity contribution in [3.63, 3.8) is 0 Å². The lowest BCUT2D eigenvalue weighted by molar-refractivity contribution is -0.150. The number of H-pyrrole nitrogens is 1. The summed E-state index contributed by atoms with van der Waals surface area (Å²) in [6.45, 7) is 1.34. The number of pyridine rings is 1. The number of aliphatic carboxylic acids is 1. The average molecular weight is 318 g/mol. The fourth-order valence-corrected chi connectivity index (χ4v) is 2.75. The van der Waals surface area contributed by atoms with Crippen LogP contribution in [0.3, 0.4) is 0 Å². The second kappa shape index (κ2) is 6.39. The van der Waals surface area contributed by atoms with Crippen molar-refractivity contribution in [2.45, 2.75) is 12.6 Å². The molecule has 1 atom stereocenters. The van der Waals surface area contributed by atoms with E-state index in [4.69, 9.17) is 9.47 Å². The predicted molar refractivity (Wildman–Crippen MR) is 83.8 cm³/mol. The van der Waals surface area contributed by atoms with Gasteiger partial charge >= 0.3 is 5.97 Å². The van der Waals surface area contributed by atoms with Crippen LogP contribution in [0.2, 0.25) is 0 Å². The molecule has 2 N–H and O–H groups in total. The highest BCUT2D eigenvalue weighted by atomic mass is 16.5. The number of hydrogen-bond donors (Lipinski definition) is 2. The molecule has 1 aliphatic rings. The van der Waals surface area contributed by atoms with Crippen molar-refractivity contribution in [3.8, 4) is 5.75 Å². The van der Waals surface area contributed by atoms with Crippen LogP contribution in [-0.4, -0.2) is 53.9 Å². The van der Waals surface area contributed by atoms with Crippen molar-refractivity contribution in [1.29, 1.82) is 0 Å². The summed E-state index contributed by atoms with van der Waals surface area (Å²) in [6, 6.07) is 6.45. The summed E-state index contributed by atoms with van der Waals surface area (Å²) in [7, 11) is 1.58. The third-order valence-electron chi connectivity index (χ3n) is 4.03. The Hall–Kier alpha value is -2.38. The van der Waals surface area contributed by atoms with Crippen molar-refractivity contribution in [2.24, 2.45) is 0 Å². The molecule has 0 bridgehead atoms. The molecule has 1 fully saturated rings. The molecule has 1 saturated heterocycles. The molecule has 0 aliphatic carbocycles. The number of methoxy groups -OCH3 is 1. The molecular weight excluding hydrogens is 300 g/mol. The number of rotatable bonds is 4. The fraction of sp³-hybridized carbons (Fsp3) is 0.375. The number of aromatic amines is 1. The van der Waals surface area contributed by atoms with Gasteiger partial charge in [-0.25, -0.2) is 0 Å². The van der Waals surface area contributed by atoms with Gasteiger partial charge in [0.1, 0.15) is 11.8 Å². The molecule has 2 heterocycles. The molecule has 1 aromatic carbocycles. The van der Waals surface area contributed by atoms with E-state index in [1.54, 1.807) is 30.2 Å². The van der Waals surface area contributed by atoms with Crippen LogP contribution >= 0.6 is 0 Å². The van der Waals surface area contributed by atoms with Crippen molar-refractivity contribution in [1.82, 2.24) is 9.88 Å². The summed E-state index contributed by atoms with van der Waals surface area (Å²) >= 11 is 0. The minimum absolute atomic E-state index is 0.134. The van der Waals surface area contributed by atoms with Crippen LogP contribution < -0.4 is 10.3 Å². The number of aromatic nitrogens is 1. The SMILES string of the molecule is COc1ccc2[nH]c(=O)c(CN3CCOC[C@@H]3C(=O)O)cc2c1. The molecule has 7 heteroatoms. The normalized spacial score (nSPS) is 18.9. The standard InChI is InChI=1S/C16H18N2O5/c1-22-12-2-3-13-10(7-12)6-11(15(19)17-13)8-18-4-5-23-9-14(18)16(20)21/h2-3,6-7,14H,4-5,8-9H2,1H3,(H,17,19)(H,20,21)/t14-/m1/s1. The smallest absolute Gasteiger partial charge is 0.323 e. The first kappa shape index (κ1) is 15.5. The number of nitrogens with one attached hydrogen (secondary N) is 1. The van der Waals surface area contributed by atoms with Crippen LogP contribution in [-0.2, 0) is 16.1 Å². The summed E-state index contributed by atoms with van der Waals surface area (Å²) in [5.74, 6) is -0.242. The second-order valence-corrected chi connectivity index (χ2v) is 5.48. The minimum atomic E-state index is -0.941. The summed E-state index contributed by atoms with van der Waals surface area (Å²) < 4.78 is 10.4. The van der Waals surface area contributed by atoms with Gasteiger partial charge in [-0.2, -0.15) is 0 Å². The Labute approximate surface area is 132 Å². The molecular formula is C16H18N2O5. The Balaban J connectivity index is 1.93. The van der Waals surface area contributed by atoms with Crippen LogP contribution in [0.4, 0.5) is 0 Å². The maximum absolute atomic E-state index is 12.2. The van der Waals surface area contributed by atoms with Gasteiger partial charge in [0.2, 0.25) is 0 Å². The van der Waals surface area contributed by atoms with Gasteiger partial charge in [-0.1, -0.05) is 0 Å². The van der Waals surface area contributed by atoms with Gasteiger partial charge in [0.05, 0.1) is 20.3 Å². The first-order chi connectivity index (χ1) is 11.1. The molecule has 23 heavy (non-hydrogen) atoms. The van der Waals surface area contributed by atoms with Crippen LogP contribution in [0.25, 0.3) is 10.9 Å². The maximum Gasteiger partial charge on any atom is 0.323 e. The summed E-state index contributed by atoms with van der Waals surface area (Å²) in [6.07, 6.45) is 0. The minimum Gasteiger partial charge on any atom is -0.497 e. The number of fused-ring (bicyclic) bond motifs is 1. The van der Waals surface area contributed by atoms with E-state index >= 15 is 0 Å². The number of nitrogens with zero attached hydrogens (tertiary/aromatic N) is 1. The number of ether oxygens (including phenoxy) is 2. The average Bonchev–Trinajstić information content (AvgIpc) is 2.55. The Morgan fingerprint density at radius 1 is 1.48 bits per heavy atom. The summed E-state index contributed by atoms with van der Waals surface area (Å²) in [4.78, 5) is 28.1. The lowest BCUT2D eigenvalue weighted by atomic mass is 10.1. The van der Waals surface area contributed by atoms with Crippen LogP contribution in [0.5, 0.6) is 5.75 Å². The van der Waals surface area contributed by atoms with Crippen molar-refractivity contribution >= 4 is 16.9 Å². The van der Waals surface area contributed by atoms with E-state index in [2.05, 4.69) is 4.98 Å². The van der Waals surface area contributed by atoms with E-state index < -0.39 is 12.0 Å². The summed E-state index contributed by atoms with van der Waals surface area (Å²) in [5, 5.41) is 10.1. The highest BCUT2D eigenvalue weighted by Crippen LogP contribution is 2.20. The molecule has 0 amide bonds. The maximum atomic E-state index is 12.2. The molecule has 0 saturated carbocycles. The van der Waals surface area contributed by atoms with E-state index in [0.717, 1.165) is 10.9 Å². The lowest BCUT2D eigenvalue weighted by Gasteiger charge is -2.32. The number of hydrogen-bond acceptors (Lipinski definition) is 5.